The van der Waals surface area contributed by atoms with Crippen molar-refractivity contribution in [2.75, 3.05) is 5.32 Å². The van der Waals surface area contributed by atoms with E-state index in [2.05, 4.69) is 25.4 Å². The van der Waals surface area contributed by atoms with Gasteiger partial charge in [0.05, 0.1) is 5.69 Å². The van der Waals surface area contributed by atoms with Crippen molar-refractivity contribution in [2.45, 2.75) is 6.92 Å². The lowest BCUT2D eigenvalue weighted by Gasteiger charge is -2.02. The predicted octanol–water partition coefficient (Wildman–Crippen LogP) is 4.61. The second kappa shape index (κ2) is 6.01. The molecule has 6 nitrogen and oxygen atoms in total. The summed E-state index contributed by atoms with van der Waals surface area (Å²) < 4.78 is 1.78. The van der Waals surface area contributed by atoms with Gasteiger partial charge in [0.1, 0.15) is 5.82 Å². The highest BCUT2D eigenvalue weighted by molar-refractivity contribution is 7.15. The summed E-state index contributed by atoms with van der Waals surface area (Å²) in [5.41, 5.74) is 2.73. The van der Waals surface area contributed by atoms with Crippen LogP contribution < -0.4 is 5.32 Å². The molecule has 1 aromatic carbocycles. The molecule has 24 heavy (non-hydrogen) atoms. The summed E-state index contributed by atoms with van der Waals surface area (Å²) in [7, 11) is 0. The first-order valence-corrected chi connectivity index (χ1v) is 8.60. The number of anilines is 2. The lowest BCUT2D eigenvalue weighted by Crippen LogP contribution is -1.99. The molecule has 120 valence electrons. The van der Waals surface area contributed by atoms with Crippen molar-refractivity contribution in [3.8, 4) is 11.3 Å². The Balaban J connectivity index is 1.70. The Morgan fingerprint density at radius 3 is 2.62 bits per heavy atom. The molecule has 1 N–H and O–H groups in total. The Bertz CT molecular complexity index is 1000. The van der Waals surface area contributed by atoms with Crippen molar-refractivity contribution >= 4 is 51.3 Å². The SMILES string of the molecule is Cc1cc(Nc2nc3scc(-c4ccc(Cl)cc4)n3n2)nc(Cl)n1. The number of aromatic nitrogens is 5. The van der Waals surface area contributed by atoms with Crippen LogP contribution in [-0.4, -0.2) is 24.6 Å². The minimum atomic E-state index is 0.181. The van der Waals surface area contributed by atoms with E-state index in [1.807, 2.05) is 36.6 Å². The van der Waals surface area contributed by atoms with Crippen LogP contribution in [0.5, 0.6) is 0 Å². The normalized spacial score (nSPS) is 11.1. The number of aryl methyl sites for hydroxylation is 1. The Hall–Kier alpha value is -2.22. The Labute approximate surface area is 151 Å². The quantitative estimate of drug-likeness (QED) is 0.528. The van der Waals surface area contributed by atoms with Gasteiger partial charge in [-0.2, -0.15) is 4.98 Å². The largest absolute Gasteiger partial charge is 0.307 e. The number of nitrogens with zero attached hydrogens (tertiary/aromatic N) is 5. The highest BCUT2D eigenvalue weighted by Gasteiger charge is 2.12. The Morgan fingerprint density at radius 1 is 1.08 bits per heavy atom. The number of hydrogen-bond acceptors (Lipinski definition) is 6. The highest BCUT2D eigenvalue weighted by atomic mass is 35.5. The van der Waals surface area contributed by atoms with Crippen LogP contribution in [0.3, 0.4) is 0 Å². The van der Waals surface area contributed by atoms with Gasteiger partial charge in [-0.25, -0.2) is 14.5 Å². The molecule has 0 atom stereocenters. The van der Waals surface area contributed by atoms with E-state index in [9.17, 15) is 0 Å². The molecule has 4 aromatic rings. The van der Waals surface area contributed by atoms with Crippen LogP contribution in [0, 0.1) is 6.92 Å². The van der Waals surface area contributed by atoms with E-state index in [0.29, 0.717) is 16.8 Å². The first kappa shape index (κ1) is 15.3. The third-order valence-electron chi connectivity index (χ3n) is 3.29. The molecule has 3 heterocycles. The fourth-order valence-electron chi connectivity index (χ4n) is 2.26. The average Bonchev–Trinajstić information content (AvgIpc) is 3.07. The maximum Gasteiger partial charge on any atom is 0.249 e. The molecule has 3 aromatic heterocycles. The summed E-state index contributed by atoms with van der Waals surface area (Å²) in [5, 5.41) is 10.4. The van der Waals surface area contributed by atoms with Gasteiger partial charge in [-0.15, -0.1) is 16.4 Å². The van der Waals surface area contributed by atoms with E-state index in [1.54, 1.807) is 10.6 Å². The van der Waals surface area contributed by atoms with Gasteiger partial charge in [-0.3, -0.25) is 0 Å². The van der Waals surface area contributed by atoms with Gasteiger partial charge in [0.15, 0.2) is 0 Å². The molecule has 0 fully saturated rings. The molecule has 0 spiro atoms. The third kappa shape index (κ3) is 2.93. The van der Waals surface area contributed by atoms with Crippen LogP contribution in [0.15, 0.2) is 35.7 Å². The molecule has 0 aliphatic rings. The number of fused-ring (bicyclic) bond motifs is 1. The van der Waals surface area contributed by atoms with Crippen LogP contribution in [-0.2, 0) is 0 Å². The third-order valence-corrected chi connectivity index (χ3v) is 4.53. The zero-order valence-corrected chi connectivity index (χ0v) is 14.7. The standard InChI is InChI=1S/C15H10Cl2N6S/c1-8-6-12(19-13(17)18-8)20-14-21-15-23(22-14)11(7-24-15)9-2-4-10(16)5-3-9/h2-7H,1H3,(H,18,19,20,22). The summed E-state index contributed by atoms with van der Waals surface area (Å²) >= 11 is 13.3. The van der Waals surface area contributed by atoms with E-state index in [4.69, 9.17) is 23.2 Å². The van der Waals surface area contributed by atoms with Gasteiger partial charge >= 0.3 is 0 Å². The maximum absolute atomic E-state index is 5.95. The van der Waals surface area contributed by atoms with Gasteiger partial charge in [-0.05, 0) is 30.7 Å². The molecule has 0 aliphatic carbocycles. The minimum absolute atomic E-state index is 0.181. The van der Waals surface area contributed by atoms with E-state index in [1.165, 1.54) is 11.3 Å². The highest BCUT2D eigenvalue weighted by Crippen LogP contribution is 2.27. The first-order chi connectivity index (χ1) is 11.6. The summed E-state index contributed by atoms with van der Waals surface area (Å²) in [6.07, 6.45) is 0. The molecule has 9 heteroatoms. The topological polar surface area (TPSA) is 68.0 Å². The number of rotatable bonds is 3. The molecule has 0 bridgehead atoms. The molecule has 0 radical (unpaired) electrons. The van der Waals surface area contributed by atoms with Crippen LogP contribution in [0.1, 0.15) is 5.69 Å². The van der Waals surface area contributed by atoms with Crippen molar-refractivity contribution in [3.05, 3.63) is 51.7 Å². The van der Waals surface area contributed by atoms with Gasteiger partial charge in [0, 0.05) is 27.7 Å². The van der Waals surface area contributed by atoms with Crippen LogP contribution in [0.4, 0.5) is 11.8 Å². The van der Waals surface area contributed by atoms with E-state index in [-0.39, 0.29) is 5.28 Å². The van der Waals surface area contributed by atoms with Crippen molar-refractivity contribution in [2.24, 2.45) is 0 Å². The van der Waals surface area contributed by atoms with Gasteiger partial charge in [0.25, 0.3) is 0 Å². The van der Waals surface area contributed by atoms with Gasteiger partial charge in [-0.1, -0.05) is 23.7 Å². The van der Waals surface area contributed by atoms with Crippen molar-refractivity contribution in [1.29, 1.82) is 0 Å². The van der Waals surface area contributed by atoms with Crippen LogP contribution >= 0.6 is 34.5 Å². The van der Waals surface area contributed by atoms with Crippen molar-refractivity contribution in [3.63, 3.8) is 0 Å². The van der Waals surface area contributed by atoms with E-state index in [0.717, 1.165) is 21.9 Å². The summed E-state index contributed by atoms with van der Waals surface area (Å²) in [4.78, 5) is 13.4. The monoisotopic (exact) mass is 376 g/mol. The molecular weight excluding hydrogens is 367 g/mol. The van der Waals surface area contributed by atoms with Gasteiger partial charge in [0.2, 0.25) is 16.2 Å². The Morgan fingerprint density at radius 2 is 1.88 bits per heavy atom. The minimum Gasteiger partial charge on any atom is -0.307 e. The molecule has 0 amide bonds. The summed E-state index contributed by atoms with van der Waals surface area (Å²) in [6, 6.07) is 9.38. The Kier molecular flexibility index (Phi) is 3.84. The molecule has 0 saturated carbocycles. The fraction of sp³-hybridized carbons (Fsp3) is 0.0667. The van der Waals surface area contributed by atoms with Crippen molar-refractivity contribution in [1.82, 2.24) is 24.6 Å². The number of benzene rings is 1. The fourth-order valence-corrected chi connectivity index (χ4v) is 3.45. The van der Waals surface area contributed by atoms with Crippen LogP contribution in [0.2, 0.25) is 10.3 Å². The van der Waals surface area contributed by atoms with Crippen LogP contribution in [0.25, 0.3) is 16.2 Å². The summed E-state index contributed by atoms with van der Waals surface area (Å²) in [5.74, 6) is 1.00. The number of thiazole rings is 1. The second-order valence-electron chi connectivity index (χ2n) is 5.05. The number of hydrogen-bond donors (Lipinski definition) is 1. The van der Waals surface area contributed by atoms with Gasteiger partial charge < -0.3 is 5.32 Å². The lowest BCUT2D eigenvalue weighted by atomic mass is 10.2. The maximum atomic E-state index is 5.95. The molecule has 0 aliphatic heterocycles. The smallest absolute Gasteiger partial charge is 0.249 e. The lowest BCUT2D eigenvalue weighted by molar-refractivity contribution is 0.985. The zero-order valence-electron chi connectivity index (χ0n) is 12.4. The number of halogens is 2. The molecular formula is C15H10Cl2N6S. The van der Waals surface area contributed by atoms with E-state index < -0.39 is 0 Å². The van der Waals surface area contributed by atoms with Crippen molar-refractivity contribution < 1.29 is 0 Å². The predicted molar refractivity (Wildman–Crippen MR) is 96.4 cm³/mol. The summed E-state index contributed by atoms with van der Waals surface area (Å²) in [6.45, 7) is 1.84. The average molecular weight is 377 g/mol. The second-order valence-corrected chi connectivity index (χ2v) is 6.66. The molecule has 0 saturated heterocycles. The zero-order chi connectivity index (χ0) is 16.7. The number of nitrogens with one attached hydrogen (secondary N) is 1. The molecule has 0 unspecified atom stereocenters. The molecule has 4 rings (SSSR count). The van der Waals surface area contributed by atoms with E-state index >= 15 is 0 Å². The first-order valence-electron chi connectivity index (χ1n) is 6.97.